The molecule has 0 saturated heterocycles. The second kappa shape index (κ2) is 4.66. The summed E-state index contributed by atoms with van der Waals surface area (Å²) < 4.78 is 38.1. The quantitative estimate of drug-likeness (QED) is 0.874. The Hall–Kier alpha value is -1.46. The van der Waals surface area contributed by atoms with E-state index in [0.717, 1.165) is 25.0 Å². The van der Waals surface area contributed by atoms with Crippen LogP contribution in [-0.2, 0) is 6.18 Å². The second-order valence-corrected chi connectivity index (χ2v) is 4.79. The molecular weight excluding hydrogens is 243 g/mol. The molecule has 0 spiro atoms. The molecule has 2 rings (SSSR count). The summed E-state index contributed by atoms with van der Waals surface area (Å²) in [4.78, 5) is 4.09. The van der Waals surface area contributed by atoms with Crippen LogP contribution < -0.4 is 10.6 Å². The largest absolute Gasteiger partial charge is 0.416 e. The van der Waals surface area contributed by atoms with Crippen molar-refractivity contribution in [2.45, 2.75) is 32.0 Å². The van der Waals surface area contributed by atoms with Crippen molar-refractivity contribution >= 4 is 11.6 Å². The van der Waals surface area contributed by atoms with Crippen LogP contribution in [0.4, 0.5) is 24.8 Å². The number of hydrogen-bond donors (Lipinski definition) is 2. The highest BCUT2D eigenvalue weighted by atomic mass is 19.4. The van der Waals surface area contributed by atoms with Gasteiger partial charge in [0.1, 0.15) is 11.6 Å². The summed E-state index contributed by atoms with van der Waals surface area (Å²) in [6, 6.07) is 2.30. The first-order valence-corrected chi connectivity index (χ1v) is 5.92. The second-order valence-electron chi connectivity index (χ2n) is 4.79. The van der Waals surface area contributed by atoms with Gasteiger partial charge in [0, 0.05) is 13.1 Å². The Balaban J connectivity index is 2.18. The Labute approximate surface area is 104 Å². The Kier molecular flexibility index (Phi) is 3.36. The van der Waals surface area contributed by atoms with E-state index in [1.54, 1.807) is 7.05 Å². The smallest absolute Gasteiger partial charge is 0.373 e. The molecule has 1 heterocycles. The summed E-state index contributed by atoms with van der Waals surface area (Å²) in [5, 5.41) is 5.69. The van der Waals surface area contributed by atoms with Crippen LogP contribution in [-0.4, -0.2) is 18.1 Å². The average Bonchev–Trinajstić information content (AvgIpc) is 2.25. The van der Waals surface area contributed by atoms with Crippen molar-refractivity contribution in [3.8, 4) is 0 Å². The predicted octanol–water partition coefficient (Wildman–Crippen LogP) is 3.35. The highest BCUT2D eigenvalue weighted by Gasteiger charge is 2.32. The minimum atomic E-state index is -4.35. The van der Waals surface area contributed by atoms with Gasteiger partial charge in [-0.25, -0.2) is 4.98 Å². The molecule has 0 amide bonds. The lowest BCUT2D eigenvalue weighted by molar-refractivity contribution is -0.137. The van der Waals surface area contributed by atoms with Gasteiger partial charge in [0.2, 0.25) is 0 Å². The van der Waals surface area contributed by atoms with Crippen molar-refractivity contribution in [2.24, 2.45) is 5.92 Å². The Morgan fingerprint density at radius 2 is 1.83 bits per heavy atom. The lowest BCUT2D eigenvalue weighted by atomic mass is 9.82. The Morgan fingerprint density at radius 1 is 1.22 bits per heavy atom. The molecule has 1 aliphatic carbocycles. The molecule has 0 unspecified atom stereocenters. The van der Waals surface area contributed by atoms with Crippen LogP contribution in [0, 0.1) is 5.92 Å². The van der Waals surface area contributed by atoms with Crippen molar-refractivity contribution < 1.29 is 13.2 Å². The molecule has 0 atom stereocenters. The number of nitrogens with zero attached hydrogens (tertiary/aromatic N) is 1. The van der Waals surface area contributed by atoms with Crippen LogP contribution in [0.15, 0.2) is 12.1 Å². The van der Waals surface area contributed by atoms with E-state index < -0.39 is 11.7 Å². The van der Waals surface area contributed by atoms with Crippen molar-refractivity contribution in [3.05, 3.63) is 17.7 Å². The molecule has 0 radical (unpaired) electrons. The third kappa shape index (κ3) is 2.86. The molecule has 1 aliphatic rings. The molecule has 3 nitrogen and oxygen atoms in total. The number of pyridine rings is 1. The van der Waals surface area contributed by atoms with E-state index in [1.165, 1.54) is 0 Å². The molecule has 0 bridgehead atoms. The van der Waals surface area contributed by atoms with Crippen LogP contribution in [0.2, 0.25) is 0 Å². The molecule has 1 aromatic rings. The fraction of sp³-hybridized carbons (Fsp3) is 0.583. The Bertz CT molecular complexity index is 425. The molecule has 0 aliphatic heterocycles. The lowest BCUT2D eigenvalue weighted by Gasteiger charge is -2.33. The first-order chi connectivity index (χ1) is 8.38. The molecular formula is C12H16F3N3. The maximum Gasteiger partial charge on any atom is 0.416 e. The van der Waals surface area contributed by atoms with E-state index in [1.807, 2.05) is 0 Å². The number of anilines is 2. The molecule has 2 N–H and O–H groups in total. The predicted molar refractivity (Wildman–Crippen MR) is 64.6 cm³/mol. The minimum absolute atomic E-state index is 0.222. The summed E-state index contributed by atoms with van der Waals surface area (Å²) >= 11 is 0. The summed E-state index contributed by atoms with van der Waals surface area (Å²) in [7, 11) is 1.55. The van der Waals surface area contributed by atoms with Crippen molar-refractivity contribution in [3.63, 3.8) is 0 Å². The van der Waals surface area contributed by atoms with Gasteiger partial charge < -0.3 is 10.6 Å². The van der Waals surface area contributed by atoms with Gasteiger partial charge in [-0.2, -0.15) is 13.2 Å². The van der Waals surface area contributed by atoms with E-state index in [0.29, 0.717) is 5.92 Å². The molecule has 1 aromatic heterocycles. The van der Waals surface area contributed by atoms with Crippen molar-refractivity contribution in [2.75, 3.05) is 17.7 Å². The van der Waals surface area contributed by atoms with Crippen LogP contribution >= 0.6 is 0 Å². The fourth-order valence-corrected chi connectivity index (χ4v) is 2.13. The zero-order chi connectivity index (χ0) is 13.3. The number of halogens is 3. The minimum Gasteiger partial charge on any atom is -0.373 e. The average molecular weight is 259 g/mol. The van der Waals surface area contributed by atoms with Gasteiger partial charge in [0.15, 0.2) is 0 Å². The Morgan fingerprint density at radius 3 is 2.33 bits per heavy atom. The van der Waals surface area contributed by atoms with Crippen LogP contribution in [0.5, 0.6) is 0 Å². The van der Waals surface area contributed by atoms with Crippen molar-refractivity contribution in [1.29, 1.82) is 0 Å². The van der Waals surface area contributed by atoms with Gasteiger partial charge in [0.25, 0.3) is 0 Å². The molecule has 1 fully saturated rings. The number of hydrogen-bond acceptors (Lipinski definition) is 3. The molecule has 100 valence electrons. The van der Waals surface area contributed by atoms with E-state index in [2.05, 4.69) is 22.5 Å². The number of nitrogens with one attached hydrogen (secondary N) is 2. The zero-order valence-electron chi connectivity index (χ0n) is 10.3. The number of aromatic nitrogens is 1. The molecule has 1 saturated carbocycles. The van der Waals surface area contributed by atoms with Gasteiger partial charge in [-0.05, 0) is 30.9 Å². The summed E-state index contributed by atoms with van der Waals surface area (Å²) in [6.45, 7) is 2.12. The SMILES string of the molecule is CNc1cc(C(F)(F)F)cc(NC2CC(C)C2)n1. The molecule has 18 heavy (non-hydrogen) atoms. The van der Waals surface area contributed by atoms with Crippen LogP contribution in [0.25, 0.3) is 0 Å². The first-order valence-electron chi connectivity index (χ1n) is 5.92. The number of alkyl halides is 3. The lowest BCUT2D eigenvalue weighted by Crippen LogP contribution is -2.34. The number of rotatable bonds is 3. The molecule has 6 heteroatoms. The maximum atomic E-state index is 12.7. The van der Waals surface area contributed by atoms with Gasteiger partial charge in [-0.15, -0.1) is 0 Å². The third-order valence-corrected chi connectivity index (χ3v) is 3.13. The standard InChI is InChI=1S/C12H16F3N3/c1-7-3-9(4-7)17-11-6-8(12(13,14)15)5-10(16-2)18-11/h5-7,9H,3-4H2,1-2H3,(H2,16,17,18). The first kappa shape index (κ1) is 13.0. The summed E-state index contributed by atoms with van der Waals surface area (Å²) in [5.74, 6) is 1.14. The normalized spacial score (nSPS) is 23.4. The van der Waals surface area contributed by atoms with Gasteiger partial charge in [-0.3, -0.25) is 0 Å². The van der Waals surface area contributed by atoms with E-state index >= 15 is 0 Å². The highest BCUT2D eigenvalue weighted by Crippen LogP contribution is 2.34. The summed E-state index contributed by atoms with van der Waals surface area (Å²) in [6.07, 6.45) is -2.39. The molecule has 0 aromatic carbocycles. The van der Waals surface area contributed by atoms with Crippen LogP contribution in [0.3, 0.4) is 0 Å². The monoisotopic (exact) mass is 259 g/mol. The van der Waals surface area contributed by atoms with E-state index in [4.69, 9.17) is 0 Å². The van der Waals surface area contributed by atoms with Gasteiger partial charge >= 0.3 is 6.18 Å². The highest BCUT2D eigenvalue weighted by molar-refractivity contribution is 5.50. The van der Waals surface area contributed by atoms with Gasteiger partial charge in [0.05, 0.1) is 5.56 Å². The fourth-order valence-electron chi connectivity index (χ4n) is 2.13. The summed E-state index contributed by atoms with van der Waals surface area (Å²) in [5.41, 5.74) is -0.684. The third-order valence-electron chi connectivity index (χ3n) is 3.13. The van der Waals surface area contributed by atoms with E-state index in [9.17, 15) is 13.2 Å². The van der Waals surface area contributed by atoms with E-state index in [-0.39, 0.29) is 17.7 Å². The van der Waals surface area contributed by atoms with Crippen LogP contribution in [0.1, 0.15) is 25.3 Å². The van der Waals surface area contributed by atoms with Crippen molar-refractivity contribution in [1.82, 2.24) is 4.98 Å². The van der Waals surface area contributed by atoms with Gasteiger partial charge in [-0.1, -0.05) is 6.92 Å². The topological polar surface area (TPSA) is 37.0 Å². The zero-order valence-corrected chi connectivity index (χ0v) is 10.3. The maximum absolute atomic E-state index is 12.7.